The summed E-state index contributed by atoms with van der Waals surface area (Å²) in [6, 6.07) is 23.2. The minimum atomic E-state index is 0.237. The van der Waals surface area contributed by atoms with Crippen LogP contribution in [0.1, 0.15) is 6.92 Å². The number of anilines is 3. The van der Waals surface area contributed by atoms with Gasteiger partial charge in [0.1, 0.15) is 11.7 Å². The molecular weight excluding hydrogens is 296 g/mol. The van der Waals surface area contributed by atoms with E-state index in [9.17, 15) is 0 Å². The topological polar surface area (TPSA) is 19.6 Å². The molecule has 3 nitrogen and oxygen atoms in total. The maximum Gasteiger partial charge on any atom is 0.159 e. The fourth-order valence-electron chi connectivity index (χ4n) is 3.79. The van der Waals surface area contributed by atoms with Gasteiger partial charge >= 0.3 is 0 Å². The van der Waals surface area contributed by atoms with E-state index in [1.807, 2.05) is 12.1 Å². The molecule has 2 heterocycles. The van der Waals surface area contributed by atoms with Crippen LogP contribution in [0, 0.1) is 0 Å². The largest absolute Gasteiger partial charge is 0.454 e. The van der Waals surface area contributed by atoms with E-state index in [0.717, 1.165) is 16.9 Å². The molecule has 3 heteroatoms. The molecule has 5 rings (SSSR count). The molecule has 0 saturated carbocycles. The van der Waals surface area contributed by atoms with Gasteiger partial charge < -0.3 is 14.2 Å². The molecule has 0 saturated heterocycles. The van der Waals surface area contributed by atoms with Crippen LogP contribution in [0.2, 0.25) is 0 Å². The fraction of sp³-hybridized carbons (Fsp3) is 0.143. The van der Waals surface area contributed by atoms with Gasteiger partial charge in [-0.25, -0.2) is 0 Å². The Hall–Kier alpha value is -2.94. The second kappa shape index (κ2) is 4.78. The highest BCUT2D eigenvalue weighted by Gasteiger charge is 2.32. The third kappa shape index (κ3) is 1.67. The summed E-state index contributed by atoms with van der Waals surface area (Å²) in [5, 5.41) is 2.34. The van der Waals surface area contributed by atoms with Crippen LogP contribution in [-0.4, -0.2) is 13.2 Å². The SMILES string of the molecule is C[C@@H]1N(C)c2ccccc2N1c1cccc2c1oc1ccccc12. The first-order valence-electron chi connectivity index (χ1n) is 8.27. The minimum absolute atomic E-state index is 0.237. The zero-order valence-electron chi connectivity index (χ0n) is 13.7. The van der Waals surface area contributed by atoms with Crippen LogP contribution < -0.4 is 9.80 Å². The van der Waals surface area contributed by atoms with Gasteiger partial charge in [-0.3, -0.25) is 0 Å². The van der Waals surface area contributed by atoms with E-state index in [2.05, 4.69) is 78.4 Å². The number of benzene rings is 3. The number of hydrogen-bond donors (Lipinski definition) is 0. The van der Waals surface area contributed by atoms with E-state index < -0.39 is 0 Å². The number of nitrogens with zero attached hydrogens (tertiary/aromatic N) is 2. The van der Waals surface area contributed by atoms with Crippen molar-refractivity contribution < 1.29 is 4.42 Å². The predicted octanol–water partition coefficient (Wildman–Crippen LogP) is 5.52. The first-order valence-corrected chi connectivity index (χ1v) is 8.27. The van der Waals surface area contributed by atoms with Gasteiger partial charge in [-0.2, -0.15) is 0 Å². The van der Waals surface area contributed by atoms with Crippen molar-refractivity contribution in [2.45, 2.75) is 13.1 Å². The fourth-order valence-corrected chi connectivity index (χ4v) is 3.79. The van der Waals surface area contributed by atoms with Crippen LogP contribution in [0.5, 0.6) is 0 Å². The summed E-state index contributed by atoms with van der Waals surface area (Å²) in [4.78, 5) is 4.66. The summed E-state index contributed by atoms with van der Waals surface area (Å²) in [5.74, 6) is 0. The monoisotopic (exact) mass is 314 g/mol. The molecule has 1 aliphatic heterocycles. The normalized spacial score (nSPS) is 17.0. The highest BCUT2D eigenvalue weighted by atomic mass is 16.3. The predicted molar refractivity (Wildman–Crippen MR) is 100 cm³/mol. The molecule has 0 aliphatic carbocycles. The molecular formula is C21H18N2O. The molecule has 0 unspecified atom stereocenters. The van der Waals surface area contributed by atoms with Gasteiger partial charge in [-0.1, -0.05) is 42.5 Å². The van der Waals surface area contributed by atoms with Crippen LogP contribution in [0.15, 0.2) is 71.1 Å². The van der Waals surface area contributed by atoms with Crippen LogP contribution in [-0.2, 0) is 0 Å². The molecule has 0 bridgehead atoms. The van der Waals surface area contributed by atoms with Crippen LogP contribution in [0.4, 0.5) is 17.1 Å². The molecule has 4 aromatic rings. The third-order valence-corrected chi connectivity index (χ3v) is 5.10. The quantitative estimate of drug-likeness (QED) is 0.461. The van der Waals surface area contributed by atoms with Crippen LogP contribution in [0.25, 0.3) is 21.9 Å². The highest BCUT2D eigenvalue weighted by Crippen LogP contribution is 2.46. The molecule has 118 valence electrons. The standard InChI is InChI=1S/C21H18N2O/c1-14-22(2)17-10-4-5-11-18(17)23(14)19-12-7-9-16-15-8-3-6-13-20(15)24-21(16)19/h3-14H,1-2H3/t14-/m1/s1. The number of hydrogen-bond acceptors (Lipinski definition) is 3. The van der Waals surface area contributed by atoms with Crippen LogP contribution >= 0.6 is 0 Å². The maximum atomic E-state index is 6.23. The summed E-state index contributed by atoms with van der Waals surface area (Å²) in [7, 11) is 2.14. The van der Waals surface area contributed by atoms with Crippen molar-refractivity contribution in [3.8, 4) is 0 Å². The van der Waals surface area contributed by atoms with Crippen molar-refractivity contribution in [2.24, 2.45) is 0 Å². The molecule has 0 spiro atoms. The van der Waals surface area contributed by atoms with Gasteiger partial charge in [0.25, 0.3) is 0 Å². The van der Waals surface area contributed by atoms with E-state index in [1.54, 1.807) is 0 Å². The average molecular weight is 314 g/mol. The van der Waals surface area contributed by atoms with E-state index in [-0.39, 0.29) is 6.17 Å². The zero-order valence-corrected chi connectivity index (χ0v) is 13.7. The molecule has 0 radical (unpaired) electrons. The first-order chi connectivity index (χ1) is 11.8. The molecule has 3 aromatic carbocycles. The molecule has 0 N–H and O–H groups in total. The lowest BCUT2D eigenvalue weighted by molar-refractivity contribution is 0.662. The summed E-state index contributed by atoms with van der Waals surface area (Å²) in [5.41, 5.74) is 5.48. The Morgan fingerprint density at radius 3 is 2.29 bits per heavy atom. The third-order valence-electron chi connectivity index (χ3n) is 5.10. The lowest BCUT2D eigenvalue weighted by atomic mass is 10.1. The molecule has 1 atom stereocenters. The van der Waals surface area contributed by atoms with Gasteiger partial charge in [-0.05, 0) is 31.2 Å². The molecule has 1 aromatic heterocycles. The molecule has 0 amide bonds. The van der Waals surface area contributed by atoms with E-state index in [1.165, 1.54) is 22.1 Å². The second-order valence-electron chi connectivity index (χ2n) is 6.35. The van der Waals surface area contributed by atoms with E-state index in [0.29, 0.717) is 0 Å². The van der Waals surface area contributed by atoms with Crippen molar-refractivity contribution in [2.75, 3.05) is 16.8 Å². The number of para-hydroxylation sites is 4. The summed E-state index contributed by atoms with van der Waals surface area (Å²) >= 11 is 0. The van der Waals surface area contributed by atoms with Gasteiger partial charge in [0, 0.05) is 17.8 Å². The second-order valence-corrected chi connectivity index (χ2v) is 6.35. The van der Waals surface area contributed by atoms with Crippen molar-refractivity contribution in [1.29, 1.82) is 0 Å². The summed E-state index contributed by atoms with van der Waals surface area (Å²) in [6.07, 6.45) is 0.237. The van der Waals surface area contributed by atoms with Crippen molar-refractivity contribution in [3.63, 3.8) is 0 Å². The number of furan rings is 1. The van der Waals surface area contributed by atoms with Gasteiger partial charge in [0.2, 0.25) is 0 Å². The molecule has 1 aliphatic rings. The van der Waals surface area contributed by atoms with Crippen molar-refractivity contribution >= 4 is 39.0 Å². The summed E-state index contributed by atoms with van der Waals surface area (Å²) in [6.45, 7) is 2.22. The maximum absolute atomic E-state index is 6.23. The minimum Gasteiger partial charge on any atom is -0.454 e. The first kappa shape index (κ1) is 13.5. The Kier molecular flexibility index (Phi) is 2.69. The van der Waals surface area contributed by atoms with Crippen LogP contribution in [0.3, 0.4) is 0 Å². The Bertz CT molecular complexity index is 1070. The zero-order chi connectivity index (χ0) is 16.3. The summed E-state index contributed by atoms with van der Waals surface area (Å²) < 4.78 is 6.23. The smallest absolute Gasteiger partial charge is 0.159 e. The Labute approximate surface area is 140 Å². The molecule has 0 fully saturated rings. The highest BCUT2D eigenvalue weighted by molar-refractivity contribution is 6.10. The van der Waals surface area contributed by atoms with Gasteiger partial charge in [0.05, 0.1) is 17.1 Å². The van der Waals surface area contributed by atoms with E-state index >= 15 is 0 Å². The number of fused-ring (bicyclic) bond motifs is 4. The Morgan fingerprint density at radius 2 is 1.42 bits per heavy atom. The van der Waals surface area contributed by atoms with E-state index in [4.69, 9.17) is 4.42 Å². The van der Waals surface area contributed by atoms with Crippen molar-refractivity contribution in [1.82, 2.24) is 0 Å². The number of rotatable bonds is 1. The van der Waals surface area contributed by atoms with Gasteiger partial charge in [-0.15, -0.1) is 0 Å². The van der Waals surface area contributed by atoms with Crippen molar-refractivity contribution in [3.05, 3.63) is 66.7 Å². The van der Waals surface area contributed by atoms with Gasteiger partial charge in [0.15, 0.2) is 5.58 Å². The average Bonchev–Trinajstić information content (AvgIpc) is 3.12. The molecule has 24 heavy (non-hydrogen) atoms. The Balaban J connectivity index is 1.81. The Morgan fingerprint density at radius 1 is 0.750 bits per heavy atom. The lowest BCUT2D eigenvalue weighted by Gasteiger charge is -2.27. The lowest BCUT2D eigenvalue weighted by Crippen LogP contribution is -2.35.